The highest BCUT2D eigenvalue weighted by Gasteiger charge is 2.49. The summed E-state index contributed by atoms with van der Waals surface area (Å²) in [5, 5.41) is 4.27. The molecule has 1 aromatic heterocycles. The fourth-order valence-electron chi connectivity index (χ4n) is 3.16. The molecule has 0 bridgehead atoms. The minimum absolute atomic E-state index is 0.0516. The zero-order valence-corrected chi connectivity index (χ0v) is 12.3. The summed E-state index contributed by atoms with van der Waals surface area (Å²) in [5.74, 6) is -0.908. The number of carbonyl (C=O) groups excluding carboxylic acids is 2. The molecule has 1 aromatic carbocycles. The van der Waals surface area contributed by atoms with E-state index < -0.39 is 0 Å². The van der Waals surface area contributed by atoms with Gasteiger partial charge in [0.05, 0.1) is 17.5 Å². The Hall–Kier alpha value is -2.96. The summed E-state index contributed by atoms with van der Waals surface area (Å²) in [7, 11) is 0. The fourth-order valence-corrected chi connectivity index (χ4v) is 3.16. The van der Waals surface area contributed by atoms with Gasteiger partial charge in [-0.15, -0.1) is 5.10 Å². The lowest BCUT2D eigenvalue weighted by Crippen LogP contribution is -2.32. The molecule has 2 heterocycles. The average Bonchev–Trinajstić information content (AvgIpc) is 3.07. The number of allylic oxidation sites excluding steroid dienone is 2. The van der Waals surface area contributed by atoms with Crippen molar-refractivity contribution in [1.29, 1.82) is 0 Å². The van der Waals surface area contributed by atoms with Crippen molar-refractivity contribution in [2.24, 2.45) is 11.8 Å². The Morgan fingerprint density at radius 3 is 2.22 bits per heavy atom. The van der Waals surface area contributed by atoms with Gasteiger partial charge in [0.1, 0.15) is 0 Å². The van der Waals surface area contributed by atoms with Crippen molar-refractivity contribution in [3.63, 3.8) is 0 Å². The number of nitrogen functional groups attached to an aromatic ring is 1. The van der Waals surface area contributed by atoms with E-state index in [0.29, 0.717) is 12.8 Å². The SMILES string of the molecule is Nc1nc(N2C(=O)[C@H]3CC=CC[C@@H]3C2=O)nn1-c1ccccc1. The number of rotatable bonds is 2. The van der Waals surface area contributed by atoms with Crippen molar-refractivity contribution >= 4 is 23.7 Å². The van der Waals surface area contributed by atoms with Gasteiger partial charge >= 0.3 is 0 Å². The Balaban J connectivity index is 1.72. The summed E-state index contributed by atoms with van der Waals surface area (Å²) in [6.45, 7) is 0. The maximum absolute atomic E-state index is 12.5. The molecule has 2 aliphatic rings. The molecule has 0 spiro atoms. The van der Waals surface area contributed by atoms with E-state index in [9.17, 15) is 9.59 Å². The van der Waals surface area contributed by atoms with Crippen molar-refractivity contribution in [3.8, 4) is 5.69 Å². The number of aromatic nitrogens is 3. The molecule has 0 unspecified atom stereocenters. The molecule has 2 amide bonds. The Bertz CT molecular complexity index is 785. The van der Waals surface area contributed by atoms with Crippen LogP contribution in [0.3, 0.4) is 0 Å². The Morgan fingerprint density at radius 2 is 1.61 bits per heavy atom. The lowest BCUT2D eigenvalue weighted by atomic mass is 9.85. The average molecular weight is 309 g/mol. The third-order valence-electron chi connectivity index (χ3n) is 4.33. The van der Waals surface area contributed by atoms with Gasteiger partial charge in [-0.1, -0.05) is 30.4 Å². The number of para-hydroxylation sites is 1. The predicted molar refractivity (Wildman–Crippen MR) is 83.6 cm³/mol. The number of hydrogen-bond donors (Lipinski definition) is 1. The van der Waals surface area contributed by atoms with Gasteiger partial charge in [-0.05, 0) is 25.0 Å². The number of amides is 2. The standard InChI is InChI=1S/C16H15N5O2/c17-15-18-16(19-21(15)10-6-2-1-3-7-10)20-13(22)11-8-4-5-9-12(11)14(20)23/h1-7,11-12H,8-9H2,(H2,17,18,19)/t11-,12-/m0/s1. The third kappa shape index (κ3) is 2.04. The quantitative estimate of drug-likeness (QED) is 0.666. The molecule has 1 aliphatic heterocycles. The molecule has 4 rings (SSSR count). The second-order valence-corrected chi connectivity index (χ2v) is 5.69. The molecule has 1 aliphatic carbocycles. The molecule has 2 aromatic rings. The van der Waals surface area contributed by atoms with Gasteiger partial charge in [-0.3, -0.25) is 9.59 Å². The van der Waals surface area contributed by atoms with Crippen LogP contribution in [-0.4, -0.2) is 26.6 Å². The van der Waals surface area contributed by atoms with Gasteiger partial charge in [0.2, 0.25) is 17.8 Å². The van der Waals surface area contributed by atoms with Crippen LogP contribution in [0.15, 0.2) is 42.5 Å². The minimum Gasteiger partial charge on any atom is -0.368 e. The van der Waals surface area contributed by atoms with Crippen LogP contribution in [0, 0.1) is 11.8 Å². The van der Waals surface area contributed by atoms with E-state index in [1.54, 1.807) is 0 Å². The topological polar surface area (TPSA) is 94.1 Å². The fraction of sp³-hybridized carbons (Fsp3) is 0.250. The highest BCUT2D eigenvalue weighted by Crippen LogP contribution is 2.36. The first kappa shape index (κ1) is 13.7. The van der Waals surface area contributed by atoms with Crippen molar-refractivity contribution in [3.05, 3.63) is 42.5 Å². The first-order chi connectivity index (χ1) is 11.2. The lowest BCUT2D eigenvalue weighted by Gasteiger charge is -2.14. The molecule has 2 N–H and O–H groups in total. The van der Waals surface area contributed by atoms with Gasteiger partial charge < -0.3 is 5.73 Å². The largest absolute Gasteiger partial charge is 0.368 e. The van der Waals surface area contributed by atoms with Crippen LogP contribution in [0.5, 0.6) is 0 Å². The number of benzene rings is 1. The van der Waals surface area contributed by atoms with Crippen LogP contribution in [0.1, 0.15) is 12.8 Å². The summed E-state index contributed by atoms with van der Waals surface area (Å²) >= 11 is 0. The Morgan fingerprint density at radius 1 is 1.00 bits per heavy atom. The third-order valence-corrected chi connectivity index (χ3v) is 4.33. The maximum Gasteiger partial charge on any atom is 0.260 e. The first-order valence-electron chi connectivity index (χ1n) is 7.47. The second kappa shape index (κ2) is 5.05. The van der Waals surface area contributed by atoms with E-state index >= 15 is 0 Å². The summed E-state index contributed by atoms with van der Waals surface area (Å²) in [5.41, 5.74) is 6.63. The van der Waals surface area contributed by atoms with E-state index in [-0.39, 0.29) is 35.5 Å². The zero-order valence-electron chi connectivity index (χ0n) is 12.3. The van der Waals surface area contributed by atoms with Crippen molar-refractivity contribution in [2.75, 3.05) is 10.6 Å². The zero-order chi connectivity index (χ0) is 16.0. The van der Waals surface area contributed by atoms with Crippen LogP contribution >= 0.6 is 0 Å². The summed E-state index contributed by atoms with van der Waals surface area (Å²) < 4.78 is 1.43. The normalized spacial score (nSPS) is 23.4. The maximum atomic E-state index is 12.5. The van der Waals surface area contributed by atoms with Crippen LogP contribution in [0.25, 0.3) is 5.69 Å². The van der Waals surface area contributed by atoms with Crippen molar-refractivity contribution in [2.45, 2.75) is 12.8 Å². The second-order valence-electron chi connectivity index (χ2n) is 5.69. The molecule has 0 saturated carbocycles. The van der Waals surface area contributed by atoms with Gasteiger partial charge in [-0.25, -0.2) is 4.90 Å². The first-order valence-corrected chi connectivity index (χ1v) is 7.47. The number of nitrogens with zero attached hydrogens (tertiary/aromatic N) is 4. The lowest BCUT2D eigenvalue weighted by molar-refractivity contribution is -0.122. The van der Waals surface area contributed by atoms with E-state index in [2.05, 4.69) is 10.1 Å². The number of fused-ring (bicyclic) bond motifs is 1. The summed E-state index contributed by atoms with van der Waals surface area (Å²) in [6, 6.07) is 9.23. The monoisotopic (exact) mass is 309 g/mol. The van der Waals surface area contributed by atoms with Crippen LogP contribution in [-0.2, 0) is 9.59 Å². The number of anilines is 2. The molecule has 1 saturated heterocycles. The molecule has 7 heteroatoms. The van der Waals surface area contributed by atoms with Gasteiger partial charge in [0.25, 0.3) is 5.95 Å². The smallest absolute Gasteiger partial charge is 0.260 e. The highest BCUT2D eigenvalue weighted by atomic mass is 16.2. The van der Waals surface area contributed by atoms with E-state index in [1.807, 2.05) is 42.5 Å². The summed E-state index contributed by atoms with van der Waals surface area (Å²) in [4.78, 5) is 30.3. The molecular weight excluding hydrogens is 294 g/mol. The predicted octanol–water partition coefficient (Wildman–Crippen LogP) is 1.31. The molecule has 116 valence electrons. The number of carbonyl (C=O) groups is 2. The number of imide groups is 1. The van der Waals surface area contributed by atoms with Crippen LogP contribution in [0.2, 0.25) is 0 Å². The van der Waals surface area contributed by atoms with E-state index in [0.717, 1.165) is 10.6 Å². The number of hydrogen-bond acceptors (Lipinski definition) is 5. The highest BCUT2D eigenvalue weighted by molar-refractivity contribution is 6.21. The molecule has 2 atom stereocenters. The van der Waals surface area contributed by atoms with Crippen LogP contribution < -0.4 is 10.6 Å². The molecule has 0 radical (unpaired) electrons. The van der Waals surface area contributed by atoms with E-state index in [4.69, 9.17) is 5.73 Å². The van der Waals surface area contributed by atoms with Gasteiger partial charge in [0.15, 0.2) is 0 Å². The van der Waals surface area contributed by atoms with Crippen LogP contribution in [0.4, 0.5) is 11.9 Å². The molecule has 7 nitrogen and oxygen atoms in total. The van der Waals surface area contributed by atoms with Gasteiger partial charge in [0, 0.05) is 0 Å². The Labute approximate surface area is 132 Å². The van der Waals surface area contributed by atoms with Crippen molar-refractivity contribution in [1.82, 2.24) is 14.8 Å². The number of nitrogens with two attached hydrogens (primary N) is 1. The Kier molecular flexibility index (Phi) is 3.00. The summed E-state index contributed by atoms with van der Waals surface area (Å²) in [6.07, 6.45) is 5.06. The van der Waals surface area contributed by atoms with Gasteiger partial charge in [-0.2, -0.15) is 9.67 Å². The molecule has 1 fully saturated rings. The van der Waals surface area contributed by atoms with E-state index in [1.165, 1.54) is 4.68 Å². The van der Waals surface area contributed by atoms with Crippen molar-refractivity contribution < 1.29 is 9.59 Å². The minimum atomic E-state index is -0.308. The molecule has 23 heavy (non-hydrogen) atoms. The molecular formula is C16H15N5O2.